The number of carbonyl (C=O) groups excluding carboxylic acids is 4. The summed E-state index contributed by atoms with van der Waals surface area (Å²) < 4.78 is 9.60. The van der Waals surface area contributed by atoms with E-state index in [9.17, 15) is 19.2 Å². The first-order chi connectivity index (χ1) is 27.2. The minimum Gasteiger partial charge on any atom is -0.453 e. The zero-order chi connectivity index (χ0) is 40.8. The third kappa shape index (κ3) is 8.01. The van der Waals surface area contributed by atoms with Crippen LogP contribution in [0.2, 0.25) is 19.1 Å². The van der Waals surface area contributed by atoms with Crippen LogP contribution < -0.4 is 10.6 Å². The number of hydrogen-bond donors (Lipinski definition) is 4. The van der Waals surface area contributed by atoms with Gasteiger partial charge in [0.2, 0.25) is 11.8 Å². The summed E-state index contributed by atoms with van der Waals surface area (Å²) in [7, 11) is 0.842. The number of carbonyl (C=O) groups is 4. The van der Waals surface area contributed by atoms with Crippen LogP contribution >= 0.6 is 11.3 Å². The number of fused-ring (bicyclic) bond motifs is 3. The number of aromatic nitrogens is 4. The molecule has 4 amide bonds. The highest BCUT2D eigenvalue weighted by Crippen LogP contribution is 2.41. The molecule has 0 aliphatic carbocycles. The van der Waals surface area contributed by atoms with Crippen molar-refractivity contribution in [2.75, 3.05) is 26.9 Å². The van der Waals surface area contributed by atoms with Crippen molar-refractivity contribution >= 4 is 65.2 Å². The van der Waals surface area contributed by atoms with Gasteiger partial charge in [-0.3, -0.25) is 9.59 Å². The molecule has 3 unspecified atom stereocenters. The Morgan fingerprint density at radius 3 is 2.18 bits per heavy atom. The SMILES string of the molecule is COC(=O)NC(C(=O)N1C[Si](C)(C)CC1c1ncc(-c2ccc(-c3ccc4c(ccc5[nH]c([C@@H]6CCCN6C(=O)C(NC(=O)OC)C(C)C)nc54)c3)s2)[nH]1)C(C)C. The van der Waals surface area contributed by atoms with Gasteiger partial charge in [-0.25, -0.2) is 19.6 Å². The number of likely N-dealkylation sites (tertiary alicyclic amines) is 1. The van der Waals surface area contributed by atoms with Gasteiger partial charge in [0.15, 0.2) is 0 Å². The van der Waals surface area contributed by atoms with E-state index in [0.29, 0.717) is 12.7 Å². The summed E-state index contributed by atoms with van der Waals surface area (Å²) in [4.78, 5) is 74.5. The molecule has 3 aromatic heterocycles. The van der Waals surface area contributed by atoms with E-state index in [0.717, 1.165) is 73.4 Å². The van der Waals surface area contributed by atoms with E-state index in [1.807, 2.05) is 49.8 Å². The number of nitrogens with zero attached hydrogens (tertiary/aromatic N) is 4. The van der Waals surface area contributed by atoms with Crippen LogP contribution in [0.3, 0.4) is 0 Å². The molecule has 0 bridgehead atoms. The van der Waals surface area contributed by atoms with E-state index in [-0.39, 0.29) is 35.7 Å². The normalized spacial score (nSPS) is 19.1. The second-order valence-electron chi connectivity index (χ2n) is 16.6. The van der Waals surface area contributed by atoms with E-state index < -0.39 is 32.3 Å². The Kier molecular flexibility index (Phi) is 11.2. The quantitative estimate of drug-likeness (QED) is 0.106. The van der Waals surface area contributed by atoms with Crippen LogP contribution in [0.1, 0.15) is 64.3 Å². The maximum absolute atomic E-state index is 13.9. The molecule has 5 heterocycles. The summed E-state index contributed by atoms with van der Waals surface area (Å²) in [6.45, 7) is 12.8. The van der Waals surface area contributed by atoms with Gasteiger partial charge < -0.3 is 39.9 Å². The third-order valence-electron chi connectivity index (χ3n) is 11.2. The molecular weight excluding hydrogens is 761 g/mol. The van der Waals surface area contributed by atoms with E-state index in [1.54, 1.807) is 11.3 Å². The summed E-state index contributed by atoms with van der Waals surface area (Å²) in [6, 6.07) is 13.8. The van der Waals surface area contributed by atoms with Gasteiger partial charge in [0, 0.05) is 23.0 Å². The molecule has 5 aromatic rings. The first kappa shape index (κ1) is 40.0. The van der Waals surface area contributed by atoms with Crippen LogP contribution in [0.4, 0.5) is 9.59 Å². The number of thiophene rings is 1. The highest BCUT2D eigenvalue weighted by atomic mass is 32.1. The van der Waals surface area contributed by atoms with Crippen LogP contribution in [0.15, 0.2) is 48.7 Å². The fourth-order valence-electron chi connectivity index (χ4n) is 8.22. The van der Waals surface area contributed by atoms with Gasteiger partial charge in [-0.05, 0) is 65.9 Å². The molecule has 302 valence electrons. The Hall–Kier alpha value is -5.22. The van der Waals surface area contributed by atoms with Gasteiger partial charge in [0.25, 0.3) is 0 Å². The van der Waals surface area contributed by atoms with Crippen molar-refractivity contribution in [1.29, 1.82) is 0 Å². The second-order valence-corrected chi connectivity index (χ2v) is 22.8. The Balaban J connectivity index is 1.10. The second kappa shape index (κ2) is 16.0. The van der Waals surface area contributed by atoms with Gasteiger partial charge in [-0.15, -0.1) is 11.3 Å². The molecule has 2 fully saturated rings. The minimum absolute atomic E-state index is 0.112. The lowest BCUT2D eigenvalue weighted by atomic mass is 10.0. The molecule has 2 saturated heterocycles. The first-order valence-corrected chi connectivity index (χ1v) is 23.8. The molecular formula is C41H52N8O6SSi. The average Bonchev–Trinajstić information content (AvgIpc) is 4.03. The number of imidazole rings is 2. The maximum Gasteiger partial charge on any atom is 0.407 e. The number of alkyl carbamates (subject to hydrolysis) is 2. The van der Waals surface area contributed by atoms with E-state index >= 15 is 0 Å². The van der Waals surface area contributed by atoms with Crippen LogP contribution in [0, 0.1) is 11.8 Å². The maximum atomic E-state index is 13.9. The van der Waals surface area contributed by atoms with Crippen LogP contribution in [-0.2, 0) is 19.1 Å². The molecule has 4 atom stereocenters. The van der Waals surface area contributed by atoms with Crippen LogP contribution in [0.5, 0.6) is 0 Å². The number of nitrogens with one attached hydrogen (secondary N) is 4. The molecule has 0 saturated carbocycles. The lowest BCUT2D eigenvalue weighted by molar-refractivity contribution is -0.136. The van der Waals surface area contributed by atoms with Crippen molar-refractivity contribution in [3.8, 4) is 21.0 Å². The predicted molar refractivity (Wildman–Crippen MR) is 223 cm³/mol. The molecule has 57 heavy (non-hydrogen) atoms. The van der Waals surface area contributed by atoms with Gasteiger partial charge in [-0.1, -0.05) is 59.0 Å². The number of amides is 4. The standard InChI is InChI=1S/C41H52N8O6SSi/c1-22(2)33(46-40(52)54-5)38(50)48-17-9-10-29(48)37-43-27-14-12-24-18-25(11-13-26(24)35(27)45-37)31-15-16-32(56-31)28-19-42-36(44-28)30-20-57(7,8)21-49(30)39(51)34(23(3)4)47-41(53)55-6/h11-16,18-19,22-23,29-30,33-34H,9-10,17,20-21H2,1-8H3,(H,42,44)(H,43,45)(H,46,52)(H,47,53)/t29-,30?,33?,34?/m0/s1. The van der Waals surface area contributed by atoms with Crippen molar-refractivity contribution < 1.29 is 28.7 Å². The largest absolute Gasteiger partial charge is 0.453 e. The number of benzene rings is 2. The van der Waals surface area contributed by atoms with Crippen LogP contribution in [0.25, 0.3) is 42.8 Å². The van der Waals surface area contributed by atoms with Gasteiger partial charge >= 0.3 is 12.2 Å². The number of H-pyrrole nitrogens is 2. The van der Waals surface area contributed by atoms with E-state index in [1.165, 1.54) is 14.2 Å². The summed E-state index contributed by atoms with van der Waals surface area (Å²) in [6.07, 6.45) is 2.91. The molecule has 7 rings (SSSR count). The Bertz CT molecular complexity index is 2320. The number of rotatable bonds is 10. The lowest BCUT2D eigenvalue weighted by Gasteiger charge is -2.30. The molecule has 0 radical (unpaired) electrons. The number of ether oxygens (including phenoxy) is 2. The predicted octanol–water partition coefficient (Wildman–Crippen LogP) is 7.39. The van der Waals surface area contributed by atoms with E-state index in [2.05, 4.69) is 70.1 Å². The molecule has 4 N–H and O–H groups in total. The van der Waals surface area contributed by atoms with Gasteiger partial charge in [0.05, 0.1) is 62.2 Å². The highest BCUT2D eigenvalue weighted by molar-refractivity contribution is 7.18. The summed E-state index contributed by atoms with van der Waals surface area (Å²) in [5.41, 5.74) is 3.72. The molecule has 2 aromatic carbocycles. The average molecular weight is 813 g/mol. The zero-order valence-electron chi connectivity index (χ0n) is 33.8. The van der Waals surface area contributed by atoms with Gasteiger partial charge in [0.1, 0.15) is 23.7 Å². The van der Waals surface area contributed by atoms with Crippen molar-refractivity contribution in [3.63, 3.8) is 0 Å². The fraction of sp³-hybridized carbons (Fsp3) is 0.463. The van der Waals surface area contributed by atoms with Crippen molar-refractivity contribution in [2.45, 2.75) is 83.8 Å². The van der Waals surface area contributed by atoms with Gasteiger partial charge in [-0.2, -0.15) is 0 Å². The Labute approximate surface area is 337 Å². The highest BCUT2D eigenvalue weighted by Gasteiger charge is 2.46. The molecule has 2 aliphatic heterocycles. The number of aromatic amines is 2. The van der Waals surface area contributed by atoms with Crippen molar-refractivity contribution in [3.05, 3.63) is 60.3 Å². The Morgan fingerprint density at radius 2 is 1.51 bits per heavy atom. The number of methoxy groups -OCH3 is 2. The Morgan fingerprint density at radius 1 is 0.842 bits per heavy atom. The zero-order valence-corrected chi connectivity index (χ0v) is 35.6. The topological polar surface area (TPSA) is 175 Å². The summed E-state index contributed by atoms with van der Waals surface area (Å²) >= 11 is 1.67. The smallest absolute Gasteiger partial charge is 0.407 e. The van der Waals surface area contributed by atoms with E-state index in [4.69, 9.17) is 19.4 Å². The fourth-order valence-corrected chi connectivity index (χ4v) is 12.1. The monoisotopic (exact) mass is 812 g/mol. The molecule has 2 aliphatic rings. The van der Waals surface area contributed by atoms with Crippen molar-refractivity contribution in [1.82, 2.24) is 40.4 Å². The molecule has 16 heteroatoms. The first-order valence-electron chi connectivity index (χ1n) is 19.6. The minimum atomic E-state index is -1.75. The lowest BCUT2D eigenvalue weighted by Crippen LogP contribution is -2.52. The third-order valence-corrected chi connectivity index (χ3v) is 15.0. The summed E-state index contributed by atoms with van der Waals surface area (Å²) in [5, 5.41) is 7.53. The molecule has 14 nitrogen and oxygen atoms in total. The van der Waals surface area contributed by atoms with Crippen molar-refractivity contribution in [2.24, 2.45) is 11.8 Å². The molecule has 0 spiro atoms. The van der Waals surface area contributed by atoms with Crippen LogP contribution in [-0.4, -0.2) is 101 Å². The number of hydrogen-bond acceptors (Lipinski definition) is 9. The summed E-state index contributed by atoms with van der Waals surface area (Å²) in [5.74, 6) is 1.01.